The third kappa shape index (κ3) is 3.41. The standard InChI is InChI=1S/C14H18N2O/c1-12-6-10-16(11-7-12)14(17)3-2-13-4-8-15-9-5-13/h2-5,8-9,12H,6-7,10-11H2,1H3/b3-2+. The molecule has 90 valence electrons. The van der Waals surface area contributed by atoms with Crippen LogP contribution in [0.15, 0.2) is 30.6 Å². The SMILES string of the molecule is CC1CCN(C(=O)/C=C/c2ccncc2)CC1. The molecule has 0 radical (unpaired) electrons. The summed E-state index contributed by atoms with van der Waals surface area (Å²) in [5.41, 5.74) is 1.01. The van der Waals surface area contributed by atoms with Gasteiger partial charge in [-0.3, -0.25) is 9.78 Å². The monoisotopic (exact) mass is 230 g/mol. The number of likely N-dealkylation sites (tertiary alicyclic amines) is 1. The molecule has 0 atom stereocenters. The normalized spacial score (nSPS) is 17.6. The molecule has 1 aromatic heterocycles. The lowest BCUT2D eigenvalue weighted by atomic mass is 9.99. The van der Waals surface area contributed by atoms with Crippen molar-refractivity contribution in [2.75, 3.05) is 13.1 Å². The second-order valence-electron chi connectivity index (χ2n) is 4.62. The number of hydrogen-bond acceptors (Lipinski definition) is 2. The second kappa shape index (κ2) is 5.62. The molecule has 1 aliphatic rings. The predicted octanol–water partition coefficient (Wildman–Crippen LogP) is 2.35. The molecule has 1 amide bonds. The molecule has 1 saturated heterocycles. The molecule has 0 spiro atoms. The Bertz CT molecular complexity index is 392. The van der Waals surface area contributed by atoms with Gasteiger partial charge in [-0.25, -0.2) is 0 Å². The summed E-state index contributed by atoms with van der Waals surface area (Å²) in [7, 11) is 0. The van der Waals surface area contributed by atoms with E-state index in [-0.39, 0.29) is 5.91 Å². The van der Waals surface area contributed by atoms with Gasteiger partial charge in [-0.15, -0.1) is 0 Å². The lowest BCUT2D eigenvalue weighted by Gasteiger charge is -2.29. The van der Waals surface area contributed by atoms with E-state index in [2.05, 4.69) is 11.9 Å². The molecular weight excluding hydrogens is 212 g/mol. The molecule has 1 fully saturated rings. The quantitative estimate of drug-likeness (QED) is 0.731. The Morgan fingerprint density at radius 3 is 2.65 bits per heavy atom. The van der Waals surface area contributed by atoms with Gasteiger partial charge in [-0.2, -0.15) is 0 Å². The number of hydrogen-bond donors (Lipinski definition) is 0. The van der Waals surface area contributed by atoms with E-state index in [1.165, 1.54) is 0 Å². The Kier molecular flexibility index (Phi) is 3.91. The highest BCUT2D eigenvalue weighted by molar-refractivity contribution is 5.91. The van der Waals surface area contributed by atoms with E-state index in [9.17, 15) is 4.79 Å². The van der Waals surface area contributed by atoms with E-state index in [0.717, 1.165) is 37.4 Å². The highest BCUT2D eigenvalue weighted by Gasteiger charge is 2.18. The molecule has 17 heavy (non-hydrogen) atoms. The van der Waals surface area contributed by atoms with Crippen LogP contribution in [-0.4, -0.2) is 28.9 Å². The van der Waals surface area contributed by atoms with Crippen LogP contribution in [0.1, 0.15) is 25.3 Å². The smallest absolute Gasteiger partial charge is 0.246 e. The van der Waals surface area contributed by atoms with Gasteiger partial charge in [0, 0.05) is 31.6 Å². The van der Waals surface area contributed by atoms with Crippen molar-refractivity contribution in [1.29, 1.82) is 0 Å². The fourth-order valence-electron chi connectivity index (χ4n) is 1.98. The molecule has 1 aliphatic heterocycles. The van der Waals surface area contributed by atoms with Crippen LogP contribution in [0.4, 0.5) is 0 Å². The average Bonchev–Trinajstić information content (AvgIpc) is 2.38. The highest BCUT2D eigenvalue weighted by atomic mass is 16.2. The van der Waals surface area contributed by atoms with E-state index >= 15 is 0 Å². The second-order valence-corrected chi connectivity index (χ2v) is 4.62. The maximum atomic E-state index is 11.9. The maximum Gasteiger partial charge on any atom is 0.246 e. The van der Waals surface area contributed by atoms with E-state index in [0.29, 0.717) is 0 Å². The molecule has 0 N–H and O–H groups in total. The largest absolute Gasteiger partial charge is 0.339 e. The number of aromatic nitrogens is 1. The van der Waals surface area contributed by atoms with Crippen LogP contribution < -0.4 is 0 Å². The highest BCUT2D eigenvalue weighted by Crippen LogP contribution is 2.16. The summed E-state index contributed by atoms with van der Waals surface area (Å²) in [6.07, 6.45) is 9.20. The van der Waals surface area contributed by atoms with Crippen molar-refractivity contribution >= 4 is 12.0 Å². The zero-order chi connectivity index (χ0) is 12.1. The molecule has 0 aromatic carbocycles. The summed E-state index contributed by atoms with van der Waals surface area (Å²) in [6.45, 7) is 4.02. The number of pyridine rings is 1. The van der Waals surface area contributed by atoms with E-state index in [4.69, 9.17) is 0 Å². The molecule has 3 nitrogen and oxygen atoms in total. The van der Waals surface area contributed by atoms with Gasteiger partial charge in [-0.1, -0.05) is 6.92 Å². The Morgan fingerprint density at radius 1 is 1.35 bits per heavy atom. The van der Waals surface area contributed by atoms with Crippen LogP contribution >= 0.6 is 0 Å². The Morgan fingerprint density at radius 2 is 2.00 bits per heavy atom. The van der Waals surface area contributed by atoms with Gasteiger partial charge < -0.3 is 4.90 Å². The zero-order valence-electron chi connectivity index (χ0n) is 10.2. The topological polar surface area (TPSA) is 33.2 Å². The minimum atomic E-state index is 0.119. The lowest BCUT2D eigenvalue weighted by Crippen LogP contribution is -2.36. The van der Waals surface area contributed by atoms with Gasteiger partial charge in [0.15, 0.2) is 0 Å². The van der Waals surface area contributed by atoms with Gasteiger partial charge in [0.25, 0.3) is 0 Å². The zero-order valence-corrected chi connectivity index (χ0v) is 10.2. The van der Waals surface area contributed by atoms with Crippen LogP contribution in [-0.2, 0) is 4.79 Å². The lowest BCUT2D eigenvalue weighted by molar-refractivity contribution is -0.127. The molecule has 0 unspecified atom stereocenters. The number of rotatable bonds is 2. The summed E-state index contributed by atoms with van der Waals surface area (Å²) in [4.78, 5) is 17.8. The number of amides is 1. The van der Waals surface area contributed by atoms with Gasteiger partial charge in [0.05, 0.1) is 0 Å². The molecule has 2 rings (SSSR count). The van der Waals surface area contributed by atoms with E-state index in [1.807, 2.05) is 23.1 Å². The van der Waals surface area contributed by atoms with Crippen LogP contribution in [0.3, 0.4) is 0 Å². The molecule has 2 heterocycles. The average molecular weight is 230 g/mol. The van der Waals surface area contributed by atoms with Crippen molar-refractivity contribution in [3.05, 3.63) is 36.2 Å². The first-order chi connectivity index (χ1) is 8.25. The summed E-state index contributed by atoms with van der Waals surface area (Å²) >= 11 is 0. The fraction of sp³-hybridized carbons (Fsp3) is 0.429. The van der Waals surface area contributed by atoms with Gasteiger partial charge >= 0.3 is 0 Å². The maximum absolute atomic E-state index is 11.9. The first-order valence-electron chi connectivity index (χ1n) is 6.13. The first-order valence-corrected chi connectivity index (χ1v) is 6.13. The van der Waals surface area contributed by atoms with Crippen molar-refractivity contribution in [3.63, 3.8) is 0 Å². The number of carbonyl (C=O) groups is 1. The Balaban J connectivity index is 1.91. The van der Waals surface area contributed by atoms with Crippen molar-refractivity contribution in [3.8, 4) is 0 Å². The Labute approximate surface area is 102 Å². The third-order valence-corrected chi connectivity index (χ3v) is 3.22. The third-order valence-electron chi connectivity index (χ3n) is 3.22. The van der Waals surface area contributed by atoms with E-state index < -0.39 is 0 Å². The van der Waals surface area contributed by atoms with Crippen molar-refractivity contribution in [2.45, 2.75) is 19.8 Å². The summed E-state index contributed by atoms with van der Waals surface area (Å²) in [5.74, 6) is 0.872. The number of piperidine rings is 1. The van der Waals surface area contributed by atoms with E-state index in [1.54, 1.807) is 18.5 Å². The van der Waals surface area contributed by atoms with Crippen LogP contribution in [0, 0.1) is 5.92 Å². The molecule has 0 aliphatic carbocycles. The van der Waals surface area contributed by atoms with Crippen LogP contribution in [0.2, 0.25) is 0 Å². The summed E-state index contributed by atoms with van der Waals surface area (Å²) in [6, 6.07) is 3.78. The minimum Gasteiger partial charge on any atom is -0.339 e. The number of carbonyl (C=O) groups excluding carboxylic acids is 1. The van der Waals surface area contributed by atoms with Gasteiger partial charge in [0.2, 0.25) is 5.91 Å². The molecule has 0 saturated carbocycles. The minimum absolute atomic E-state index is 0.119. The number of nitrogens with zero attached hydrogens (tertiary/aromatic N) is 2. The summed E-state index contributed by atoms with van der Waals surface area (Å²) < 4.78 is 0. The molecule has 0 bridgehead atoms. The predicted molar refractivity (Wildman–Crippen MR) is 68.2 cm³/mol. The molecular formula is C14H18N2O. The summed E-state index contributed by atoms with van der Waals surface area (Å²) in [5, 5.41) is 0. The van der Waals surface area contributed by atoms with Crippen LogP contribution in [0.5, 0.6) is 0 Å². The van der Waals surface area contributed by atoms with Crippen molar-refractivity contribution in [1.82, 2.24) is 9.88 Å². The Hall–Kier alpha value is -1.64. The molecule has 3 heteroatoms. The van der Waals surface area contributed by atoms with Gasteiger partial charge in [0.1, 0.15) is 0 Å². The van der Waals surface area contributed by atoms with Gasteiger partial charge in [-0.05, 0) is 42.5 Å². The van der Waals surface area contributed by atoms with Crippen molar-refractivity contribution < 1.29 is 4.79 Å². The fourth-order valence-corrected chi connectivity index (χ4v) is 1.98. The van der Waals surface area contributed by atoms with Crippen LogP contribution in [0.25, 0.3) is 6.08 Å². The van der Waals surface area contributed by atoms with Crippen molar-refractivity contribution in [2.24, 2.45) is 5.92 Å². The molecule has 1 aromatic rings. The first kappa shape index (κ1) is 11.8.